The van der Waals surface area contributed by atoms with Crippen molar-refractivity contribution in [1.29, 1.82) is 0 Å². The highest BCUT2D eigenvalue weighted by atomic mass is 19.1. The number of fused-ring (bicyclic) bond motifs is 2. The van der Waals surface area contributed by atoms with Crippen LogP contribution in [0.5, 0.6) is 0 Å². The first kappa shape index (κ1) is 16.3. The van der Waals surface area contributed by atoms with Crippen LogP contribution in [0.3, 0.4) is 0 Å². The highest BCUT2D eigenvalue weighted by Gasteiger charge is 2.48. The number of allylic oxidation sites excluding steroid dienone is 4. The van der Waals surface area contributed by atoms with Crippen LogP contribution in [0.1, 0.15) is 35.6 Å². The van der Waals surface area contributed by atoms with E-state index in [2.05, 4.69) is 67.6 Å². The van der Waals surface area contributed by atoms with Crippen LogP contribution in [0.25, 0.3) is 5.57 Å². The molecule has 0 bridgehead atoms. The second-order valence-electron chi connectivity index (χ2n) is 7.54. The third kappa shape index (κ3) is 2.21. The Morgan fingerprint density at radius 2 is 1.48 bits per heavy atom. The van der Waals surface area contributed by atoms with Gasteiger partial charge in [0.1, 0.15) is 5.82 Å². The average molecular weight is 352 g/mol. The summed E-state index contributed by atoms with van der Waals surface area (Å²) in [5.74, 6) is 0.241. The molecule has 0 saturated heterocycles. The summed E-state index contributed by atoms with van der Waals surface area (Å²) in [7, 11) is 0. The zero-order valence-electron chi connectivity index (χ0n) is 15.3. The van der Waals surface area contributed by atoms with E-state index in [1.54, 1.807) is 12.1 Å². The highest BCUT2D eigenvalue weighted by molar-refractivity contribution is 5.89. The predicted molar refractivity (Wildman–Crippen MR) is 109 cm³/mol. The summed E-state index contributed by atoms with van der Waals surface area (Å²) >= 11 is 0. The fourth-order valence-corrected chi connectivity index (χ4v) is 4.97. The summed E-state index contributed by atoms with van der Waals surface area (Å²) in [6.45, 7) is 2.28. The van der Waals surface area contributed by atoms with Gasteiger partial charge in [-0.1, -0.05) is 85.8 Å². The van der Waals surface area contributed by atoms with Crippen molar-refractivity contribution in [1.82, 2.24) is 0 Å². The van der Waals surface area contributed by atoms with Gasteiger partial charge in [-0.15, -0.1) is 0 Å². The molecule has 0 spiro atoms. The maximum Gasteiger partial charge on any atom is 0.123 e. The van der Waals surface area contributed by atoms with Crippen molar-refractivity contribution in [3.63, 3.8) is 0 Å². The van der Waals surface area contributed by atoms with Gasteiger partial charge in [-0.05, 0) is 57.9 Å². The van der Waals surface area contributed by atoms with E-state index in [0.29, 0.717) is 5.92 Å². The van der Waals surface area contributed by atoms with Crippen molar-refractivity contribution in [3.05, 3.63) is 125 Å². The summed E-state index contributed by atoms with van der Waals surface area (Å²) in [6, 6.07) is 26.4. The van der Waals surface area contributed by atoms with Crippen molar-refractivity contribution in [2.24, 2.45) is 5.92 Å². The number of rotatable bonds is 2. The second kappa shape index (κ2) is 6.06. The van der Waals surface area contributed by atoms with Gasteiger partial charge in [0.15, 0.2) is 0 Å². The molecule has 0 radical (unpaired) electrons. The molecular weight excluding hydrogens is 331 g/mol. The van der Waals surface area contributed by atoms with Crippen molar-refractivity contribution < 1.29 is 4.39 Å². The zero-order valence-corrected chi connectivity index (χ0v) is 15.3. The summed E-state index contributed by atoms with van der Waals surface area (Å²) in [4.78, 5) is 0. The lowest BCUT2D eigenvalue weighted by Crippen LogP contribution is -2.30. The minimum absolute atomic E-state index is 0.179. The van der Waals surface area contributed by atoms with Crippen LogP contribution in [0.4, 0.5) is 4.39 Å². The van der Waals surface area contributed by atoms with Crippen molar-refractivity contribution >= 4 is 5.57 Å². The Kier molecular flexibility index (Phi) is 3.65. The SMILES string of the molecule is CC1CC=CC2=C1c1ccc(F)cc1C2(c1ccccc1)c1ccccc1. The zero-order chi connectivity index (χ0) is 18.4. The Labute approximate surface area is 159 Å². The fourth-order valence-electron chi connectivity index (χ4n) is 4.97. The number of hydrogen-bond acceptors (Lipinski definition) is 0. The summed E-state index contributed by atoms with van der Waals surface area (Å²) < 4.78 is 14.5. The molecule has 0 heterocycles. The highest BCUT2D eigenvalue weighted by Crippen LogP contribution is 2.58. The minimum atomic E-state index is -0.472. The number of halogens is 1. The quantitative estimate of drug-likeness (QED) is 0.492. The molecule has 27 heavy (non-hydrogen) atoms. The molecule has 0 amide bonds. The van der Waals surface area contributed by atoms with Crippen molar-refractivity contribution in [3.8, 4) is 0 Å². The summed E-state index contributed by atoms with van der Waals surface area (Å²) in [5.41, 5.74) is 6.80. The molecule has 0 saturated carbocycles. The van der Waals surface area contributed by atoms with Crippen LogP contribution in [0.2, 0.25) is 0 Å². The molecule has 0 N–H and O–H groups in total. The van der Waals surface area contributed by atoms with E-state index in [4.69, 9.17) is 0 Å². The monoisotopic (exact) mass is 352 g/mol. The van der Waals surface area contributed by atoms with E-state index in [9.17, 15) is 4.39 Å². The Morgan fingerprint density at radius 1 is 0.852 bits per heavy atom. The third-order valence-corrected chi connectivity index (χ3v) is 6.05. The van der Waals surface area contributed by atoms with E-state index >= 15 is 0 Å². The standard InChI is InChI=1S/C26H21F/c1-18-9-8-14-23-25(18)22-16-15-21(27)17-24(22)26(23,19-10-4-2-5-11-19)20-12-6-3-7-13-20/h2-8,10-18H,9H2,1H3. The average Bonchev–Trinajstić information content (AvgIpc) is 3.01. The van der Waals surface area contributed by atoms with E-state index in [1.807, 2.05) is 18.2 Å². The van der Waals surface area contributed by atoms with Gasteiger partial charge in [0, 0.05) is 0 Å². The van der Waals surface area contributed by atoms with Gasteiger partial charge in [-0.3, -0.25) is 0 Å². The molecule has 1 heteroatoms. The van der Waals surface area contributed by atoms with Gasteiger partial charge in [-0.25, -0.2) is 4.39 Å². The van der Waals surface area contributed by atoms with Gasteiger partial charge < -0.3 is 0 Å². The lowest BCUT2D eigenvalue weighted by atomic mass is 9.66. The van der Waals surface area contributed by atoms with Crippen LogP contribution in [-0.4, -0.2) is 0 Å². The van der Waals surface area contributed by atoms with Crippen molar-refractivity contribution in [2.45, 2.75) is 18.8 Å². The topological polar surface area (TPSA) is 0 Å². The molecular formula is C26H21F. The van der Waals surface area contributed by atoms with Gasteiger partial charge in [0.2, 0.25) is 0 Å². The van der Waals surface area contributed by atoms with Crippen LogP contribution < -0.4 is 0 Å². The molecule has 0 nitrogen and oxygen atoms in total. The molecule has 3 aromatic carbocycles. The van der Waals surface area contributed by atoms with E-state index < -0.39 is 5.41 Å². The molecule has 0 aromatic heterocycles. The Hall–Kier alpha value is -2.93. The first-order valence-corrected chi connectivity index (χ1v) is 9.55. The van der Waals surface area contributed by atoms with E-state index in [-0.39, 0.29) is 5.82 Å². The van der Waals surface area contributed by atoms with Crippen LogP contribution in [-0.2, 0) is 5.41 Å². The van der Waals surface area contributed by atoms with E-state index in [0.717, 1.165) is 12.0 Å². The summed E-state index contributed by atoms with van der Waals surface area (Å²) in [5, 5.41) is 0. The first-order chi connectivity index (χ1) is 13.2. The Balaban J connectivity index is 1.96. The van der Waals surface area contributed by atoms with Gasteiger partial charge >= 0.3 is 0 Å². The first-order valence-electron chi connectivity index (χ1n) is 9.55. The molecule has 5 rings (SSSR count). The molecule has 2 aliphatic rings. The third-order valence-electron chi connectivity index (χ3n) is 6.05. The van der Waals surface area contributed by atoms with Crippen LogP contribution in [0.15, 0.2) is 96.6 Å². The Bertz CT molecular complexity index is 1020. The smallest absolute Gasteiger partial charge is 0.123 e. The van der Waals surface area contributed by atoms with Gasteiger partial charge in [-0.2, -0.15) is 0 Å². The lowest BCUT2D eigenvalue weighted by molar-refractivity contribution is 0.620. The molecule has 1 unspecified atom stereocenters. The largest absolute Gasteiger partial charge is 0.207 e. The van der Waals surface area contributed by atoms with Crippen LogP contribution >= 0.6 is 0 Å². The Morgan fingerprint density at radius 3 is 2.11 bits per heavy atom. The molecule has 132 valence electrons. The lowest BCUT2D eigenvalue weighted by Gasteiger charge is -2.35. The normalized spacial score (nSPS) is 19.7. The molecule has 3 aromatic rings. The molecule has 1 atom stereocenters. The van der Waals surface area contributed by atoms with Gasteiger partial charge in [0.25, 0.3) is 0 Å². The summed E-state index contributed by atoms with van der Waals surface area (Å²) in [6.07, 6.45) is 5.56. The second-order valence-corrected chi connectivity index (χ2v) is 7.54. The fraction of sp³-hybridized carbons (Fsp3) is 0.154. The maximum atomic E-state index is 14.5. The van der Waals surface area contributed by atoms with Crippen LogP contribution in [0, 0.1) is 11.7 Å². The minimum Gasteiger partial charge on any atom is -0.207 e. The maximum absolute atomic E-state index is 14.5. The van der Waals surface area contributed by atoms with Gasteiger partial charge in [0.05, 0.1) is 5.41 Å². The number of hydrogen-bond donors (Lipinski definition) is 0. The van der Waals surface area contributed by atoms with Crippen molar-refractivity contribution in [2.75, 3.05) is 0 Å². The molecule has 0 fully saturated rings. The van der Waals surface area contributed by atoms with E-state index in [1.165, 1.54) is 27.8 Å². The molecule has 2 aliphatic carbocycles. The predicted octanol–water partition coefficient (Wildman–Crippen LogP) is 6.52. The molecule has 0 aliphatic heterocycles. The number of benzene rings is 3.